The van der Waals surface area contributed by atoms with Crippen molar-refractivity contribution in [1.82, 2.24) is 0 Å². The molecule has 1 rings (SSSR count). The van der Waals surface area contributed by atoms with Crippen LogP contribution in [0.4, 0.5) is 3.89 Å². The zero-order valence-corrected chi connectivity index (χ0v) is 10.5. The molecule has 15 heavy (non-hydrogen) atoms. The Kier molecular flexibility index (Phi) is 3.45. The molecule has 0 aliphatic carbocycles. The lowest BCUT2D eigenvalue weighted by molar-refractivity contribution is 0.552. The van der Waals surface area contributed by atoms with Crippen LogP contribution in [0.2, 0.25) is 0 Å². The van der Waals surface area contributed by atoms with Gasteiger partial charge in [0.1, 0.15) is 0 Å². The van der Waals surface area contributed by atoms with Crippen LogP contribution < -0.4 is 0 Å². The summed E-state index contributed by atoms with van der Waals surface area (Å²) in [6.45, 7) is 6.16. The van der Waals surface area contributed by atoms with Crippen molar-refractivity contribution in [2.75, 3.05) is 0 Å². The minimum atomic E-state index is -4.57. The molecule has 0 radical (unpaired) electrons. The molecule has 5 heteroatoms. The number of hydrogen-bond acceptors (Lipinski definition) is 3. The van der Waals surface area contributed by atoms with Crippen LogP contribution in [-0.2, 0) is 10.2 Å². The lowest BCUT2D eigenvalue weighted by Gasteiger charge is -2.17. The summed E-state index contributed by atoms with van der Waals surface area (Å²) in [5.74, 6) is 0. The summed E-state index contributed by atoms with van der Waals surface area (Å²) in [6, 6.07) is 5.79. The minimum Gasteiger partial charge on any atom is -0.189 e. The first-order valence-corrected chi connectivity index (χ1v) is 6.62. The van der Waals surface area contributed by atoms with Crippen molar-refractivity contribution in [2.24, 2.45) is 0 Å². The van der Waals surface area contributed by atoms with Gasteiger partial charge in [-0.3, -0.25) is 0 Å². The van der Waals surface area contributed by atoms with E-state index < -0.39 is 10.2 Å². The fourth-order valence-electron chi connectivity index (χ4n) is 1.02. The van der Waals surface area contributed by atoms with Crippen molar-refractivity contribution in [1.29, 1.82) is 0 Å². The van der Waals surface area contributed by atoms with Gasteiger partial charge in [-0.15, -0.1) is 15.6 Å². The topological polar surface area (TPSA) is 34.1 Å². The maximum atomic E-state index is 12.6. The highest BCUT2D eigenvalue weighted by atomic mass is 32.3. The number of halogens is 1. The Bertz CT molecular complexity index is 429. The van der Waals surface area contributed by atoms with Crippen LogP contribution in [0.5, 0.6) is 0 Å². The summed E-state index contributed by atoms with van der Waals surface area (Å²) < 4.78 is 33.7. The molecule has 0 aromatic heterocycles. The molecule has 2 nitrogen and oxygen atoms in total. The van der Waals surface area contributed by atoms with Gasteiger partial charge < -0.3 is 0 Å². The molecule has 0 heterocycles. The Hall–Kier alpha value is -0.550. The van der Waals surface area contributed by atoms with E-state index in [1.54, 1.807) is 23.9 Å². The highest BCUT2D eigenvalue weighted by Crippen LogP contribution is 2.32. The molecule has 0 N–H and O–H groups in total. The average Bonchev–Trinajstić information content (AvgIpc) is 2.00. The Labute approximate surface area is 94.1 Å². The summed E-state index contributed by atoms with van der Waals surface area (Å²) in [7, 11) is -4.57. The SMILES string of the molecule is CC(C)(C)Sc1ccc(S(=O)(=O)F)cc1. The van der Waals surface area contributed by atoms with Gasteiger partial charge in [0.2, 0.25) is 0 Å². The van der Waals surface area contributed by atoms with Gasteiger partial charge in [-0.05, 0) is 24.3 Å². The Morgan fingerprint density at radius 1 is 1.13 bits per heavy atom. The first kappa shape index (κ1) is 12.5. The lowest BCUT2D eigenvalue weighted by Crippen LogP contribution is -2.06. The Balaban J connectivity index is 2.92. The van der Waals surface area contributed by atoms with E-state index in [9.17, 15) is 12.3 Å². The third-order valence-corrected chi connectivity index (χ3v) is 3.48. The fourth-order valence-corrected chi connectivity index (χ4v) is 2.46. The molecule has 0 fully saturated rings. The predicted octanol–water partition coefficient (Wildman–Crippen LogP) is 3.24. The van der Waals surface area contributed by atoms with E-state index in [0.717, 1.165) is 4.90 Å². The van der Waals surface area contributed by atoms with Gasteiger partial charge in [0.25, 0.3) is 0 Å². The van der Waals surface area contributed by atoms with E-state index in [0.29, 0.717) is 0 Å². The molecule has 0 saturated carbocycles. The molecular weight excluding hydrogens is 235 g/mol. The molecule has 0 aliphatic heterocycles. The van der Waals surface area contributed by atoms with E-state index >= 15 is 0 Å². The summed E-state index contributed by atoms with van der Waals surface area (Å²) >= 11 is 1.60. The molecule has 0 saturated heterocycles. The average molecular weight is 248 g/mol. The Morgan fingerprint density at radius 2 is 1.60 bits per heavy atom. The van der Waals surface area contributed by atoms with Crippen molar-refractivity contribution in [3.05, 3.63) is 24.3 Å². The molecule has 0 aliphatic rings. The molecule has 0 bridgehead atoms. The van der Waals surface area contributed by atoms with Crippen LogP contribution in [0, 0.1) is 0 Å². The van der Waals surface area contributed by atoms with Crippen LogP contribution >= 0.6 is 11.8 Å². The smallest absolute Gasteiger partial charge is 0.189 e. The zero-order valence-electron chi connectivity index (χ0n) is 8.82. The van der Waals surface area contributed by atoms with Crippen LogP contribution in [-0.4, -0.2) is 13.2 Å². The molecule has 1 aromatic carbocycles. The van der Waals surface area contributed by atoms with Crippen molar-refractivity contribution >= 4 is 22.0 Å². The second kappa shape index (κ2) is 4.14. The molecule has 0 atom stereocenters. The van der Waals surface area contributed by atoms with Crippen LogP contribution in [0.25, 0.3) is 0 Å². The van der Waals surface area contributed by atoms with Gasteiger partial charge >= 0.3 is 10.2 Å². The second-order valence-corrected chi connectivity index (χ2v) is 7.37. The van der Waals surface area contributed by atoms with Gasteiger partial charge in [0.05, 0.1) is 4.90 Å². The second-order valence-electron chi connectivity index (χ2n) is 4.12. The van der Waals surface area contributed by atoms with Crippen molar-refractivity contribution in [3.8, 4) is 0 Å². The Morgan fingerprint density at radius 3 is 1.93 bits per heavy atom. The number of hydrogen-bond donors (Lipinski definition) is 0. The van der Waals surface area contributed by atoms with Crippen LogP contribution in [0.15, 0.2) is 34.1 Å². The maximum absolute atomic E-state index is 12.6. The summed E-state index contributed by atoms with van der Waals surface area (Å²) in [5.41, 5.74) is 0. The van der Waals surface area contributed by atoms with Gasteiger partial charge in [0, 0.05) is 9.64 Å². The summed E-state index contributed by atoms with van der Waals surface area (Å²) in [4.78, 5) is 0.635. The molecule has 84 valence electrons. The van der Waals surface area contributed by atoms with Gasteiger partial charge in [0.15, 0.2) is 0 Å². The highest BCUT2D eigenvalue weighted by molar-refractivity contribution is 8.00. The van der Waals surface area contributed by atoms with Crippen LogP contribution in [0.3, 0.4) is 0 Å². The van der Waals surface area contributed by atoms with E-state index in [4.69, 9.17) is 0 Å². The highest BCUT2D eigenvalue weighted by Gasteiger charge is 2.14. The van der Waals surface area contributed by atoms with E-state index in [1.165, 1.54) is 12.1 Å². The normalized spacial score (nSPS) is 12.8. The van der Waals surface area contributed by atoms with Gasteiger partial charge in [-0.2, -0.15) is 8.42 Å². The standard InChI is InChI=1S/C10H13FO2S2/c1-10(2,3)14-8-4-6-9(7-5-8)15(11,12)13/h4-7H,1-3H3. The summed E-state index contributed by atoms with van der Waals surface area (Å²) in [5, 5.41) is 0. The summed E-state index contributed by atoms with van der Waals surface area (Å²) in [6.07, 6.45) is 0. The monoisotopic (exact) mass is 248 g/mol. The predicted molar refractivity (Wildman–Crippen MR) is 60.3 cm³/mol. The first-order chi connectivity index (χ1) is 6.68. The van der Waals surface area contributed by atoms with E-state index in [1.807, 2.05) is 0 Å². The number of rotatable bonds is 2. The lowest BCUT2D eigenvalue weighted by atomic mass is 10.3. The third kappa shape index (κ3) is 4.22. The van der Waals surface area contributed by atoms with Gasteiger partial charge in [-0.1, -0.05) is 20.8 Å². The van der Waals surface area contributed by atoms with Crippen molar-refractivity contribution < 1.29 is 12.3 Å². The van der Waals surface area contributed by atoms with E-state index in [2.05, 4.69) is 20.8 Å². The molecule has 0 amide bonds. The zero-order chi connectivity index (χ0) is 11.7. The molecular formula is C10H13FO2S2. The molecule has 1 aromatic rings. The van der Waals surface area contributed by atoms with Crippen molar-refractivity contribution in [3.63, 3.8) is 0 Å². The quantitative estimate of drug-likeness (QED) is 0.595. The number of thioether (sulfide) groups is 1. The van der Waals surface area contributed by atoms with Crippen molar-refractivity contribution in [2.45, 2.75) is 35.3 Å². The maximum Gasteiger partial charge on any atom is 0.332 e. The fraction of sp³-hybridized carbons (Fsp3) is 0.400. The first-order valence-electron chi connectivity index (χ1n) is 4.42. The van der Waals surface area contributed by atoms with Crippen LogP contribution in [0.1, 0.15) is 20.8 Å². The minimum absolute atomic E-state index is 0.0517. The number of benzene rings is 1. The largest absolute Gasteiger partial charge is 0.332 e. The third-order valence-electron chi connectivity index (χ3n) is 1.53. The van der Waals surface area contributed by atoms with Gasteiger partial charge in [-0.25, -0.2) is 0 Å². The molecule has 0 spiro atoms. The molecule has 0 unspecified atom stereocenters. The van der Waals surface area contributed by atoms with E-state index in [-0.39, 0.29) is 9.64 Å².